The van der Waals surface area contributed by atoms with Crippen LogP contribution in [-0.4, -0.2) is 14.2 Å². The van der Waals surface area contributed by atoms with Gasteiger partial charge in [0.15, 0.2) is 0 Å². The molecule has 1 N–H and O–H groups in total. The van der Waals surface area contributed by atoms with Gasteiger partial charge in [-0.2, -0.15) is 0 Å². The molecule has 20 heavy (non-hydrogen) atoms. The Balaban J connectivity index is 2.22. The van der Waals surface area contributed by atoms with Gasteiger partial charge in [0.2, 0.25) is 0 Å². The summed E-state index contributed by atoms with van der Waals surface area (Å²) in [4.78, 5) is 0. The number of benzene rings is 2. The van der Waals surface area contributed by atoms with Crippen molar-refractivity contribution in [2.45, 2.75) is 20.1 Å². The van der Waals surface area contributed by atoms with E-state index in [1.54, 1.807) is 7.11 Å². The molecule has 0 spiro atoms. The molecule has 0 aliphatic rings. The SMILES string of the molecule is CNCc1cc(C)ccc1Oc1cccc(COC)c1. The predicted octanol–water partition coefficient (Wildman–Crippen LogP) is 3.65. The van der Waals surface area contributed by atoms with Gasteiger partial charge in [-0.15, -0.1) is 0 Å². The van der Waals surface area contributed by atoms with E-state index < -0.39 is 0 Å². The number of ether oxygens (including phenoxy) is 2. The normalized spacial score (nSPS) is 10.6. The van der Waals surface area contributed by atoms with Gasteiger partial charge in [-0.25, -0.2) is 0 Å². The van der Waals surface area contributed by atoms with E-state index in [9.17, 15) is 0 Å². The van der Waals surface area contributed by atoms with Gasteiger partial charge in [0.1, 0.15) is 11.5 Å². The van der Waals surface area contributed by atoms with E-state index in [1.807, 2.05) is 37.4 Å². The summed E-state index contributed by atoms with van der Waals surface area (Å²) in [6.45, 7) is 3.46. The maximum Gasteiger partial charge on any atom is 0.131 e. The first-order chi connectivity index (χ1) is 9.72. The molecule has 0 atom stereocenters. The molecule has 0 radical (unpaired) electrons. The summed E-state index contributed by atoms with van der Waals surface area (Å²) < 4.78 is 11.2. The molecule has 0 unspecified atom stereocenters. The van der Waals surface area contributed by atoms with Crippen LogP contribution in [0.4, 0.5) is 0 Å². The third-order valence-corrected chi connectivity index (χ3v) is 3.02. The quantitative estimate of drug-likeness (QED) is 0.870. The van der Waals surface area contributed by atoms with Crippen LogP contribution in [0.15, 0.2) is 42.5 Å². The Hall–Kier alpha value is -1.84. The highest BCUT2D eigenvalue weighted by atomic mass is 16.5. The molecule has 0 heterocycles. The lowest BCUT2D eigenvalue weighted by molar-refractivity contribution is 0.184. The Morgan fingerprint density at radius 2 is 1.95 bits per heavy atom. The van der Waals surface area contributed by atoms with Crippen LogP contribution in [0, 0.1) is 6.92 Å². The number of nitrogens with one attached hydrogen (secondary N) is 1. The van der Waals surface area contributed by atoms with Crippen molar-refractivity contribution >= 4 is 0 Å². The van der Waals surface area contributed by atoms with E-state index in [0.29, 0.717) is 6.61 Å². The fourth-order valence-electron chi connectivity index (χ4n) is 2.13. The molecule has 0 amide bonds. The standard InChI is InChI=1S/C17H21NO2/c1-13-7-8-17(15(9-13)11-18-2)20-16-6-4-5-14(10-16)12-19-3/h4-10,18H,11-12H2,1-3H3. The van der Waals surface area contributed by atoms with E-state index in [4.69, 9.17) is 9.47 Å². The van der Waals surface area contributed by atoms with Gasteiger partial charge in [0.05, 0.1) is 6.61 Å². The van der Waals surface area contributed by atoms with E-state index >= 15 is 0 Å². The monoisotopic (exact) mass is 271 g/mol. The number of rotatable bonds is 6. The number of hydrogen-bond acceptors (Lipinski definition) is 3. The van der Waals surface area contributed by atoms with Gasteiger partial charge in [0, 0.05) is 19.2 Å². The molecular weight excluding hydrogens is 250 g/mol. The van der Waals surface area contributed by atoms with Crippen LogP contribution in [0.2, 0.25) is 0 Å². The molecule has 3 heteroatoms. The average molecular weight is 271 g/mol. The van der Waals surface area contributed by atoms with Crippen LogP contribution in [0.25, 0.3) is 0 Å². The minimum atomic E-state index is 0.592. The Kier molecular flexibility index (Phi) is 5.16. The summed E-state index contributed by atoms with van der Waals surface area (Å²) in [5, 5.41) is 3.17. The molecule has 2 rings (SSSR count). The second-order valence-electron chi connectivity index (χ2n) is 4.82. The zero-order valence-electron chi connectivity index (χ0n) is 12.3. The van der Waals surface area contributed by atoms with Gasteiger partial charge in [0.25, 0.3) is 0 Å². The fraction of sp³-hybridized carbons (Fsp3) is 0.294. The maximum absolute atomic E-state index is 6.01. The molecule has 3 nitrogen and oxygen atoms in total. The van der Waals surface area contributed by atoms with Crippen molar-refractivity contribution in [2.75, 3.05) is 14.2 Å². The minimum Gasteiger partial charge on any atom is -0.457 e. The molecule has 0 bridgehead atoms. The summed E-state index contributed by atoms with van der Waals surface area (Å²) in [6, 6.07) is 14.2. The molecule has 106 valence electrons. The van der Waals surface area contributed by atoms with Crippen LogP contribution < -0.4 is 10.1 Å². The van der Waals surface area contributed by atoms with Crippen molar-refractivity contribution < 1.29 is 9.47 Å². The molecule has 0 aromatic heterocycles. The number of methoxy groups -OCH3 is 1. The van der Waals surface area contributed by atoms with E-state index in [0.717, 1.165) is 29.2 Å². The predicted molar refractivity (Wildman–Crippen MR) is 81.2 cm³/mol. The third-order valence-electron chi connectivity index (χ3n) is 3.02. The van der Waals surface area contributed by atoms with Crippen LogP contribution in [0.3, 0.4) is 0 Å². The Bertz CT molecular complexity index is 567. The maximum atomic E-state index is 6.01. The Morgan fingerprint density at radius 1 is 1.10 bits per heavy atom. The van der Waals surface area contributed by atoms with Gasteiger partial charge in [-0.05, 0) is 37.7 Å². The van der Waals surface area contributed by atoms with Crippen molar-refractivity contribution in [3.8, 4) is 11.5 Å². The van der Waals surface area contributed by atoms with Crippen molar-refractivity contribution in [1.29, 1.82) is 0 Å². The topological polar surface area (TPSA) is 30.5 Å². The lowest BCUT2D eigenvalue weighted by atomic mass is 10.1. The second kappa shape index (κ2) is 7.08. The summed E-state index contributed by atoms with van der Waals surface area (Å²) in [5.74, 6) is 1.72. The fourth-order valence-corrected chi connectivity index (χ4v) is 2.13. The zero-order chi connectivity index (χ0) is 14.4. The van der Waals surface area contributed by atoms with Gasteiger partial charge >= 0.3 is 0 Å². The lowest BCUT2D eigenvalue weighted by Crippen LogP contribution is -2.06. The minimum absolute atomic E-state index is 0.592. The lowest BCUT2D eigenvalue weighted by Gasteiger charge is -2.12. The van der Waals surface area contributed by atoms with Crippen molar-refractivity contribution in [3.05, 3.63) is 59.2 Å². The summed E-state index contributed by atoms with van der Waals surface area (Å²) in [6.07, 6.45) is 0. The van der Waals surface area contributed by atoms with E-state index in [2.05, 4.69) is 24.4 Å². The number of aryl methyl sites for hydroxylation is 1. The number of hydrogen-bond donors (Lipinski definition) is 1. The highest BCUT2D eigenvalue weighted by Crippen LogP contribution is 2.27. The van der Waals surface area contributed by atoms with Gasteiger partial charge in [-0.1, -0.05) is 29.8 Å². The molecular formula is C17H21NO2. The second-order valence-corrected chi connectivity index (χ2v) is 4.82. The molecule has 0 aliphatic carbocycles. The first-order valence-corrected chi connectivity index (χ1v) is 6.73. The van der Waals surface area contributed by atoms with Crippen LogP contribution in [0.5, 0.6) is 11.5 Å². The molecule has 0 fully saturated rings. The summed E-state index contributed by atoms with van der Waals surface area (Å²) >= 11 is 0. The van der Waals surface area contributed by atoms with Crippen molar-refractivity contribution in [2.24, 2.45) is 0 Å². The summed E-state index contributed by atoms with van der Waals surface area (Å²) in [5.41, 5.74) is 3.49. The van der Waals surface area contributed by atoms with Crippen LogP contribution in [0.1, 0.15) is 16.7 Å². The third kappa shape index (κ3) is 3.83. The van der Waals surface area contributed by atoms with E-state index in [-0.39, 0.29) is 0 Å². The Labute approximate surface area is 120 Å². The van der Waals surface area contributed by atoms with Crippen molar-refractivity contribution in [1.82, 2.24) is 5.32 Å². The zero-order valence-corrected chi connectivity index (χ0v) is 12.3. The van der Waals surface area contributed by atoms with Gasteiger partial charge < -0.3 is 14.8 Å². The summed E-state index contributed by atoms with van der Waals surface area (Å²) in [7, 11) is 3.63. The average Bonchev–Trinajstić information content (AvgIpc) is 2.43. The molecule has 2 aromatic carbocycles. The highest BCUT2D eigenvalue weighted by Gasteiger charge is 2.05. The molecule has 0 saturated carbocycles. The molecule has 0 aliphatic heterocycles. The first-order valence-electron chi connectivity index (χ1n) is 6.73. The Morgan fingerprint density at radius 3 is 2.70 bits per heavy atom. The van der Waals surface area contributed by atoms with Crippen molar-refractivity contribution in [3.63, 3.8) is 0 Å². The first kappa shape index (κ1) is 14.6. The molecule has 0 saturated heterocycles. The van der Waals surface area contributed by atoms with Crippen LogP contribution >= 0.6 is 0 Å². The highest BCUT2D eigenvalue weighted by molar-refractivity contribution is 5.41. The van der Waals surface area contributed by atoms with E-state index in [1.165, 1.54) is 5.56 Å². The van der Waals surface area contributed by atoms with Crippen LogP contribution in [-0.2, 0) is 17.9 Å². The largest absolute Gasteiger partial charge is 0.457 e. The van der Waals surface area contributed by atoms with Gasteiger partial charge in [-0.3, -0.25) is 0 Å². The smallest absolute Gasteiger partial charge is 0.131 e. The molecule has 2 aromatic rings.